The van der Waals surface area contributed by atoms with E-state index in [-0.39, 0.29) is 18.1 Å². The molecule has 0 saturated carbocycles. The van der Waals surface area contributed by atoms with E-state index in [1.807, 2.05) is 6.92 Å². The zero-order valence-electron chi connectivity index (χ0n) is 10.5. The van der Waals surface area contributed by atoms with Crippen molar-refractivity contribution in [1.82, 2.24) is 0 Å². The third-order valence-electron chi connectivity index (χ3n) is 3.03. The summed E-state index contributed by atoms with van der Waals surface area (Å²) in [4.78, 5) is 13.0. The Labute approximate surface area is 109 Å². The number of nitrogens with zero attached hydrogens (tertiary/aromatic N) is 1. The van der Waals surface area contributed by atoms with Gasteiger partial charge in [0.2, 0.25) is 0 Å². The first kappa shape index (κ1) is 13.7. The van der Waals surface area contributed by atoms with Gasteiger partial charge < -0.3 is 9.64 Å². The van der Waals surface area contributed by atoms with Gasteiger partial charge in [-0.05, 0) is 18.1 Å². The van der Waals surface area contributed by atoms with Gasteiger partial charge >= 0.3 is 6.36 Å². The molecule has 1 fully saturated rings. The molecule has 1 aliphatic rings. The predicted molar refractivity (Wildman–Crippen MR) is 64.3 cm³/mol. The van der Waals surface area contributed by atoms with Gasteiger partial charge in [-0.2, -0.15) is 0 Å². The quantitative estimate of drug-likeness (QED) is 0.848. The lowest BCUT2D eigenvalue weighted by atomic mass is 10.1. The zero-order valence-corrected chi connectivity index (χ0v) is 10.5. The number of aryl methyl sites for hydroxylation is 1. The van der Waals surface area contributed by atoms with Crippen molar-refractivity contribution in [2.45, 2.75) is 26.1 Å². The van der Waals surface area contributed by atoms with Crippen molar-refractivity contribution in [2.75, 3.05) is 18.0 Å². The second-order valence-electron chi connectivity index (χ2n) is 4.38. The molecule has 0 atom stereocenters. The number of para-hydroxylation sites is 1. The molecule has 0 radical (unpaired) electrons. The summed E-state index contributed by atoms with van der Waals surface area (Å²) in [5, 5.41) is 0. The molecule has 0 N–H and O–H groups in total. The van der Waals surface area contributed by atoms with Gasteiger partial charge in [0, 0.05) is 13.0 Å². The largest absolute Gasteiger partial charge is 0.573 e. The summed E-state index contributed by atoms with van der Waals surface area (Å²) in [6, 6.07) is 4.56. The average Bonchev–Trinajstić information content (AvgIpc) is 2.73. The lowest BCUT2D eigenvalue weighted by molar-refractivity contribution is -0.274. The number of halogens is 3. The number of ketones is 1. The minimum atomic E-state index is -4.73. The Bertz CT molecular complexity index is 485. The number of rotatable bonds is 3. The normalized spacial score (nSPS) is 16.0. The minimum absolute atomic E-state index is 0.0314. The summed E-state index contributed by atoms with van der Waals surface area (Å²) in [6.07, 6.45) is -3.79. The maximum absolute atomic E-state index is 12.4. The fraction of sp³-hybridized carbons (Fsp3) is 0.462. The topological polar surface area (TPSA) is 29.5 Å². The Kier molecular flexibility index (Phi) is 3.68. The molecule has 1 saturated heterocycles. The van der Waals surface area contributed by atoms with Gasteiger partial charge in [0.1, 0.15) is 0 Å². The monoisotopic (exact) mass is 273 g/mol. The fourth-order valence-corrected chi connectivity index (χ4v) is 2.24. The highest BCUT2D eigenvalue weighted by atomic mass is 19.4. The predicted octanol–water partition coefficient (Wildman–Crippen LogP) is 2.93. The second-order valence-corrected chi connectivity index (χ2v) is 4.38. The van der Waals surface area contributed by atoms with Crippen LogP contribution in [0, 0.1) is 0 Å². The number of hydrogen-bond acceptors (Lipinski definition) is 3. The van der Waals surface area contributed by atoms with Crippen molar-refractivity contribution in [3.05, 3.63) is 23.8 Å². The van der Waals surface area contributed by atoms with Crippen LogP contribution in [0.4, 0.5) is 18.9 Å². The molecule has 0 aromatic heterocycles. The van der Waals surface area contributed by atoms with Crippen molar-refractivity contribution in [3.63, 3.8) is 0 Å². The molecule has 1 aliphatic heterocycles. The Morgan fingerprint density at radius 1 is 1.37 bits per heavy atom. The number of carbonyl (C=O) groups is 1. The molecule has 6 heteroatoms. The summed E-state index contributed by atoms with van der Waals surface area (Å²) in [7, 11) is 0. The third kappa shape index (κ3) is 3.19. The molecule has 104 valence electrons. The van der Waals surface area contributed by atoms with Crippen LogP contribution >= 0.6 is 0 Å². The summed E-state index contributed by atoms with van der Waals surface area (Å²) >= 11 is 0. The maximum Gasteiger partial charge on any atom is 0.573 e. The standard InChI is InChI=1S/C13H14F3NO2/c1-2-9-4-3-5-11(19-13(14,15)16)12(9)17-7-6-10(18)8-17/h3-5H,2,6-8H2,1H3. The summed E-state index contributed by atoms with van der Waals surface area (Å²) in [5.74, 6) is -0.203. The number of alkyl halides is 3. The van der Waals surface area contributed by atoms with Crippen molar-refractivity contribution in [2.24, 2.45) is 0 Å². The lowest BCUT2D eigenvalue weighted by Gasteiger charge is -2.24. The molecule has 1 aromatic rings. The molecule has 1 heterocycles. The van der Waals surface area contributed by atoms with E-state index in [1.54, 1.807) is 11.0 Å². The van der Waals surface area contributed by atoms with E-state index in [9.17, 15) is 18.0 Å². The first-order valence-corrected chi connectivity index (χ1v) is 6.05. The fourth-order valence-electron chi connectivity index (χ4n) is 2.24. The van der Waals surface area contributed by atoms with Crippen LogP contribution in [0.5, 0.6) is 5.75 Å². The Morgan fingerprint density at radius 3 is 2.63 bits per heavy atom. The van der Waals surface area contributed by atoms with Gasteiger partial charge in [-0.25, -0.2) is 0 Å². The first-order valence-electron chi connectivity index (χ1n) is 6.05. The van der Waals surface area contributed by atoms with Crippen LogP contribution in [-0.2, 0) is 11.2 Å². The zero-order chi connectivity index (χ0) is 14.0. The second kappa shape index (κ2) is 5.11. The van der Waals surface area contributed by atoms with E-state index in [4.69, 9.17) is 0 Å². The van der Waals surface area contributed by atoms with Gasteiger partial charge in [-0.15, -0.1) is 13.2 Å². The van der Waals surface area contributed by atoms with Crippen molar-refractivity contribution >= 4 is 11.5 Å². The number of hydrogen-bond donors (Lipinski definition) is 0. The van der Waals surface area contributed by atoms with Crippen LogP contribution in [0.15, 0.2) is 18.2 Å². The number of anilines is 1. The number of benzene rings is 1. The molecule has 19 heavy (non-hydrogen) atoms. The Balaban J connectivity index is 2.40. The molecular formula is C13H14F3NO2. The van der Waals surface area contributed by atoms with Crippen LogP contribution in [0.25, 0.3) is 0 Å². The molecule has 0 unspecified atom stereocenters. The van der Waals surface area contributed by atoms with E-state index >= 15 is 0 Å². The maximum atomic E-state index is 12.4. The number of Topliss-reactive ketones (excluding diaryl/α,β-unsaturated/α-hetero) is 1. The van der Waals surface area contributed by atoms with Crippen molar-refractivity contribution in [1.29, 1.82) is 0 Å². The Morgan fingerprint density at radius 2 is 2.11 bits per heavy atom. The highest BCUT2D eigenvalue weighted by Crippen LogP contribution is 2.37. The molecular weight excluding hydrogens is 259 g/mol. The van der Waals surface area contributed by atoms with E-state index in [0.717, 1.165) is 5.56 Å². The van der Waals surface area contributed by atoms with Gasteiger partial charge in [0.05, 0.1) is 12.2 Å². The molecule has 1 aromatic carbocycles. The van der Waals surface area contributed by atoms with Gasteiger partial charge in [-0.3, -0.25) is 4.79 Å². The van der Waals surface area contributed by atoms with E-state index < -0.39 is 6.36 Å². The first-order chi connectivity index (χ1) is 8.90. The Hall–Kier alpha value is -1.72. The van der Waals surface area contributed by atoms with E-state index in [1.165, 1.54) is 12.1 Å². The molecule has 0 spiro atoms. The van der Waals surface area contributed by atoms with Crippen molar-refractivity contribution < 1.29 is 22.7 Å². The summed E-state index contributed by atoms with van der Waals surface area (Å²) in [6.45, 7) is 2.43. The molecule has 0 aliphatic carbocycles. The van der Waals surface area contributed by atoms with Crippen LogP contribution in [0.1, 0.15) is 18.9 Å². The van der Waals surface area contributed by atoms with Crippen LogP contribution < -0.4 is 9.64 Å². The highest BCUT2D eigenvalue weighted by Gasteiger charge is 2.34. The molecule has 3 nitrogen and oxygen atoms in total. The number of carbonyl (C=O) groups excluding carboxylic acids is 1. The van der Waals surface area contributed by atoms with Crippen LogP contribution in [0.3, 0.4) is 0 Å². The van der Waals surface area contributed by atoms with Gasteiger partial charge in [0.15, 0.2) is 11.5 Å². The minimum Gasteiger partial charge on any atom is -0.404 e. The van der Waals surface area contributed by atoms with Gasteiger partial charge in [-0.1, -0.05) is 19.1 Å². The SMILES string of the molecule is CCc1cccc(OC(F)(F)F)c1N1CCC(=O)C1. The van der Waals surface area contributed by atoms with Crippen molar-refractivity contribution in [3.8, 4) is 5.75 Å². The smallest absolute Gasteiger partial charge is 0.404 e. The van der Waals surface area contributed by atoms with Crippen LogP contribution in [-0.4, -0.2) is 25.2 Å². The molecule has 0 bridgehead atoms. The van der Waals surface area contributed by atoms with E-state index in [0.29, 0.717) is 25.1 Å². The highest BCUT2D eigenvalue weighted by molar-refractivity contribution is 5.88. The summed E-state index contributed by atoms with van der Waals surface area (Å²) in [5.41, 5.74) is 1.13. The van der Waals surface area contributed by atoms with Crippen LogP contribution in [0.2, 0.25) is 0 Å². The van der Waals surface area contributed by atoms with Gasteiger partial charge in [0.25, 0.3) is 0 Å². The lowest BCUT2D eigenvalue weighted by Crippen LogP contribution is -2.24. The molecule has 2 rings (SSSR count). The average molecular weight is 273 g/mol. The summed E-state index contributed by atoms with van der Waals surface area (Å²) < 4.78 is 41.3. The number of ether oxygens (including phenoxy) is 1. The van der Waals surface area contributed by atoms with E-state index in [2.05, 4.69) is 4.74 Å². The molecule has 0 amide bonds. The third-order valence-corrected chi connectivity index (χ3v) is 3.03.